The first-order valence-corrected chi connectivity index (χ1v) is 9.29. The number of halogens is 2. The molecule has 0 bridgehead atoms. The van der Waals surface area contributed by atoms with E-state index < -0.39 is 0 Å². The van der Waals surface area contributed by atoms with Gasteiger partial charge in [-0.25, -0.2) is 0 Å². The van der Waals surface area contributed by atoms with Crippen molar-refractivity contribution in [2.75, 3.05) is 26.3 Å². The van der Waals surface area contributed by atoms with Crippen LogP contribution in [-0.2, 0) is 14.3 Å². The van der Waals surface area contributed by atoms with Crippen LogP contribution < -0.4 is 4.74 Å². The summed E-state index contributed by atoms with van der Waals surface area (Å²) in [4.78, 5) is 25.9. The molecule has 1 fully saturated rings. The SMILES string of the molecule is CCOC(=O)[C@@H]1CCCN(C(=O)CCCOc2ccc(Cl)cc2Cl)C1. The van der Waals surface area contributed by atoms with Gasteiger partial charge in [-0.05, 0) is 44.4 Å². The first-order chi connectivity index (χ1) is 12.0. The van der Waals surface area contributed by atoms with Crippen molar-refractivity contribution < 1.29 is 19.1 Å². The molecule has 1 aromatic carbocycles. The van der Waals surface area contributed by atoms with E-state index in [1.807, 2.05) is 0 Å². The Labute approximate surface area is 158 Å². The summed E-state index contributed by atoms with van der Waals surface area (Å²) >= 11 is 11.9. The first kappa shape index (κ1) is 19.9. The van der Waals surface area contributed by atoms with E-state index in [4.69, 9.17) is 32.7 Å². The number of carbonyl (C=O) groups excluding carboxylic acids is 2. The van der Waals surface area contributed by atoms with Gasteiger partial charge in [-0.1, -0.05) is 23.2 Å². The van der Waals surface area contributed by atoms with E-state index in [1.165, 1.54) is 0 Å². The van der Waals surface area contributed by atoms with Crippen LogP contribution in [0.1, 0.15) is 32.6 Å². The minimum Gasteiger partial charge on any atom is -0.492 e. The molecule has 0 aromatic heterocycles. The van der Waals surface area contributed by atoms with E-state index >= 15 is 0 Å². The second-order valence-electron chi connectivity index (χ2n) is 5.96. The Morgan fingerprint density at radius 2 is 2.12 bits per heavy atom. The van der Waals surface area contributed by atoms with Gasteiger partial charge in [0.1, 0.15) is 5.75 Å². The number of amides is 1. The number of nitrogens with zero attached hydrogens (tertiary/aromatic N) is 1. The lowest BCUT2D eigenvalue weighted by Gasteiger charge is -2.31. The van der Waals surface area contributed by atoms with Crippen molar-refractivity contribution in [2.24, 2.45) is 5.92 Å². The van der Waals surface area contributed by atoms with Gasteiger partial charge < -0.3 is 14.4 Å². The number of ether oxygens (including phenoxy) is 2. The molecule has 1 aliphatic heterocycles. The quantitative estimate of drug-likeness (QED) is 0.524. The van der Waals surface area contributed by atoms with E-state index in [2.05, 4.69) is 0 Å². The number of hydrogen-bond donors (Lipinski definition) is 0. The number of rotatable bonds is 7. The summed E-state index contributed by atoms with van der Waals surface area (Å²) in [6.07, 6.45) is 2.56. The maximum atomic E-state index is 12.3. The van der Waals surface area contributed by atoms with Crippen molar-refractivity contribution in [1.82, 2.24) is 4.90 Å². The third kappa shape index (κ3) is 6.08. The molecule has 25 heavy (non-hydrogen) atoms. The Hall–Kier alpha value is -1.46. The predicted molar refractivity (Wildman–Crippen MR) is 97.1 cm³/mol. The third-order valence-electron chi connectivity index (χ3n) is 4.08. The van der Waals surface area contributed by atoms with Crippen LogP contribution in [0.15, 0.2) is 18.2 Å². The summed E-state index contributed by atoms with van der Waals surface area (Å²) in [6.45, 7) is 3.69. The van der Waals surface area contributed by atoms with E-state index in [0.29, 0.717) is 54.9 Å². The molecule has 1 aliphatic rings. The molecule has 138 valence electrons. The van der Waals surface area contributed by atoms with E-state index in [-0.39, 0.29) is 17.8 Å². The molecule has 0 aliphatic carbocycles. The van der Waals surface area contributed by atoms with Crippen LogP contribution in [0.25, 0.3) is 0 Å². The van der Waals surface area contributed by atoms with E-state index in [0.717, 1.165) is 12.8 Å². The molecule has 1 atom stereocenters. The van der Waals surface area contributed by atoms with Crippen LogP contribution in [0.5, 0.6) is 5.75 Å². The van der Waals surface area contributed by atoms with Gasteiger partial charge in [0.25, 0.3) is 0 Å². The number of likely N-dealkylation sites (tertiary alicyclic amines) is 1. The summed E-state index contributed by atoms with van der Waals surface area (Å²) in [7, 11) is 0. The van der Waals surface area contributed by atoms with Gasteiger partial charge in [0, 0.05) is 24.5 Å². The highest BCUT2D eigenvalue weighted by molar-refractivity contribution is 6.35. The first-order valence-electron chi connectivity index (χ1n) is 8.53. The number of piperidine rings is 1. The fourth-order valence-corrected chi connectivity index (χ4v) is 3.28. The Balaban J connectivity index is 1.73. The second kappa shape index (κ2) is 9.88. The highest BCUT2D eigenvalue weighted by atomic mass is 35.5. The molecule has 0 N–H and O–H groups in total. The molecule has 5 nitrogen and oxygen atoms in total. The Morgan fingerprint density at radius 1 is 1.32 bits per heavy atom. The van der Waals surface area contributed by atoms with Gasteiger partial charge in [-0.2, -0.15) is 0 Å². The van der Waals surface area contributed by atoms with Crippen molar-refractivity contribution in [3.8, 4) is 5.75 Å². The van der Waals surface area contributed by atoms with Crippen LogP contribution in [0.3, 0.4) is 0 Å². The highest BCUT2D eigenvalue weighted by Crippen LogP contribution is 2.27. The summed E-state index contributed by atoms with van der Waals surface area (Å²) < 4.78 is 10.6. The Kier molecular flexibility index (Phi) is 7.85. The minimum absolute atomic E-state index is 0.0415. The average Bonchev–Trinajstić information content (AvgIpc) is 2.60. The van der Waals surface area contributed by atoms with Gasteiger partial charge in [0.2, 0.25) is 5.91 Å². The maximum absolute atomic E-state index is 12.3. The standard InChI is InChI=1S/C18H23Cl2NO4/c1-2-24-18(23)13-5-3-9-21(12-13)17(22)6-4-10-25-16-8-7-14(19)11-15(16)20/h7-8,11,13H,2-6,9-10,12H2,1H3/t13-/m1/s1. The van der Waals surface area contributed by atoms with Crippen LogP contribution in [-0.4, -0.2) is 43.1 Å². The number of esters is 1. The lowest BCUT2D eigenvalue weighted by atomic mass is 9.98. The summed E-state index contributed by atoms with van der Waals surface area (Å²) in [5, 5.41) is 1.00. The molecule has 2 rings (SSSR count). The van der Waals surface area contributed by atoms with Gasteiger partial charge in [0.05, 0.1) is 24.2 Å². The lowest BCUT2D eigenvalue weighted by molar-refractivity contribution is -0.151. The second-order valence-corrected chi connectivity index (χ2v) is 6.80. The zero-order valence-electron chi connectivity index (χ0n) is 14.3. The molecule has 0 spiro atoms. The molecular formula is C18H23Cl2NO4. The molecule has 1 aromatic rings. The normalized spacial score (nSPS) is 17.2. The van der Waals surface area contributed by atoms with Crippen LogP contribution >= 0.6 is 23.2 Å². The molecule has 1 saturated heterocycles. The van der Waals surface area contributed by atoms with Crippen LogP contribution in [0, 0.1) is 5.92 Å². The molecule has 0 unspecified atom stereocenters. The lowest BCUT2D eigenvalue weighted by Crippen LogP contribution is -2.42. The van der Waals surface area contributed by atoms with Crippen molar-refractivity contribution in [3.05, 3.63) is 28.2 Å². The average molecular weight is 388 g/mol. The van der Waals surface area contributed by atoms with Crippen molar-refractivity contribution in [2.45, 2.75) is 32.6 Å². The van der Waals surface area contributed by atoms with Crippen molar-refractivity contribution >= 4 is 35.1 Å². The topological polar surface area (TPSA) is 55.8 Å². The van der Waals surface area contributed by atoms with E-state index in [9.17, 15) is 9.59 Å². The summed E-state index contributed by atoms with van der Waals surface area (Å²) in [5.41, 5.74) is 0. The fraction of sp³-hybridized carbons (Fsp3) is 0.556. The molecule has 0 saturated carbocycles. The van der Waals surface area contributed by atoms with Crippen LogP contribution in [0.2, 0.25) is 10.0 Å². The Morgan fingerprint density at radius 3 is 2.84 bits per heavy atom. The largest absolute Gasteiger partial charge is 0.492 e. The smallest absolute Gasteiger partial charge is 0.310 e. The number of benzene rings is 1. The van der Waals surface area contributed by atoms with Gasteiger partial charge in [0.15, 0.2) is 0 Å². The Bertz CT molecular complexity index is 609. The third-order valence-corrected chi connectivity index (χ3v) is 4.61. The zero-order chi connectivity index (χ0) is 18.2. The van der Waals surface area contributed by atoms with Crippen molar-refractivity contribution in [3.63, 3.8) is 0 Å². The molecular weight excluding hydrogens is 365 g/mol. The van der Waals surface area contributed by atoms with Gasteiger partial charge in [-0.3, -0.25) is 9.59 Å². The minimum atomic E-state index is -0.208. The number of hydrogen-bond acceptors (Lipinski definition) is 4. The molecule has 1 amide bonds. The van der Waals surface area contributed by atoms with Gasteiger partial charge in [-0.15, -0.1) is 0 Å². The molecule has 1 heterocycles. The summed E-state index contributed by atoms with van der Waals surface area (Å²) in [5.74, 6) is 0.182. The fourth-order valence-electron chi connectivity index (χ4n) is 2.81. The highest BCUT2D eigenvalue weighted by Gasteiger charge is 2.28. The zero-order valence-corrected chi connectivity index (χ0v) is 15.8. The summed E-state index contributed by atoms with van der Waals surface area (Å²) in [6, 6.07) is 5.03. The monoisotopic (exact) mass is 387 g/mol. The van der Waals surface area contributed by atoms with Crippen LogP contribution in [0.4, 0.5) is 0 Å². The van der Waals surface area contributed by atoms with Crippen molar-refractivity contribution in [1.29, 1.82) is 0 Å². The van der Waals surface area contributed by atoms with Gasteiger partial charge >= 0.3 is 5.97 Å². The molecule has 0 radical (unpaired) electrons. The predicted octanol–water partition coefficient (Wildman–Crippen LogP) is 3.95. The maximum Gasteiger partial charge on any atom is 0.310 e. The number of carbonyl (C=O) groups is 2. The van der Waals surface area contributed by atoms with E-state index in [1.54, 1.807) is 30.0 Å². The molecule has 7 heteroatoms.